The Kier molecular flexibility index (Phi) is 5.31. The van der Waals surface area contributed by atoms with E-state index >= 15 is 0 Å². The Morgan fingerprint density at radius 3 is 2.48 bits per heavy atom. The van der Waals surface area contributed by atoms with E-state index in [9.17, 15) is 4.79 Å². The SMILES string of the molecule is COCc1ccccc1NC(=O)Nc1ccc(CN)cc1. The highest BCUT2D eigenvalue weighted by Crippen LogP contribution is 2.16. The van der Waals surface area contributed by atoms with Gasteiger partial charge in [0.05, 0.1) is 6.61 Å². The van der Waals surface area contributed by atoms with Crippen molar-refractivity contribution in [3.8, 4) is 0 Å². The van der Waals surface area contributed by atoms with Crippen LogP contribution in [0.15, 0.2) is 48.5 Å². The van der Waals surface area contributed by atoms with Crippen LogP contribution in [0.25, 0.3) is 0 Å². The molecule has 2 aromatic rings. The number of nitrogens with one attached hydrogen (secondary N) is 2. The molecule has 0 saturated heterocycles. The third-order valence-electron chi connectivity index (χ3n) is 3.01. The summed E-state index contributed by atoms with van der Waals surface area (Å²) in [6.07, 6.45) is 0. The van der Waals surface area contributed by atoms with Crippen molar-refractivity contribution in [3.05, 3.63) is 59.7 Å². The van der Waals surface area contributed by atoms with Gasteiger partial charge in [-0.3, -0.25) is 0 Å². The van der Waals surface area contributed by atoms with Gasteiger partial charge in [0, 0.05) is 30.6 Å². The number of rotatable bonds is 5. The fraction of sp³-hybridized carbons (Fsp3) is 0.188. The lowest BCUT2D eigenvalue weighted by molar-refractivity contribution is 0.185. The van der Waals surface area contributed by atoms with Crippen molar-refractivity contribution in [2.45, 2.75) is 13.2 Å². The fourth-order valence-corrected chi connectivity index (χ4v) is 1.93. The van der Waals surface area contributed by atoms with Crippen molar-refractivity contribution in [2.24, 2.45) is 5.73 Å². The van der Waals surface area contributed by atoms with Gasteiger partial charge in [0.15, 0.2) is 0 Å². The van der Waals surface area contributed by atoms with Gasteiger partial charge >= 0.3 is 6.03 Å². The van der Waals surface area contributed by atoms with E-state index in [0.29, 0.717) is 18.8 Å². The Labute approximate surface area is 124 Å². The molecule has 0 saturated carbocycles. The second kappa shape index (κ2) is 7.42. The van der Waals surface area contributed by atoms with Crippen molar-refractivity contribution in [2.75, 3.05) is 17.7 Å². The smallest absolute Gasteiger partial charge is 0.323 e. The standard InChI is InChI=1S/C16H19N3O2/c1-21-11-13-4-2-3-5-15(13)19-16(20)18-14-8-6-12(10-17)7-9-14/h2-9H,10-11,17H2,1H3,(H2,18,19,20). The van der Waals surface area contributed by atoms with Gasteiger partial charge < -0.3 is 21.1 Å². The summed E-state index contributed by atoms with van der Waals surface area (Å²) in [4.78, 5) is 12.0. The number of hydrogen-bond donors (Lipinski definition) is 3. The van der Waals surface area contributed by atoms with Crippen LogP contribution in [0, 0.1) is 0 Å². The number of benzene rings is 2. The number of para-hydroxylation sites is 1. The molecule has 0 aromatic heterocycles. The minimum absolute atomic E-state index is 0.293. The molecule has 110 valence electrons. The number of carbonyl (C=O) groups is 1. The molecule has 2 rings (SSSR count). The van der Waals surface area contributed by atoms with E-state index < -0.39 is 0 Å². The summed E-state index contributed by atoms with van der Waals surface area (Å²) in [5.74, 6) is 0. The Balaban J connectivity index is 2.01. The van der Waals surface area contributed by atoms with Crippen LogP contribution in [-0.2, 0) is 17.9 Å². The van der Waals surface area contributed by atoms with Crippen LogP contribution in [0.5, 0.6) is 0 Å². The van der Waals surface area contributed by atoms with Gasteiger partial charge in [0.25, 0.3) is 0 Å². The molecule has 0 aliphatic carbocycles. The van der Waals surface area contributed by atoms with E-state index in [1.54, 1.807) is 7.11 Å². The summed E-state index contributed by atoms with van der Waals surface area (Å²) in [5.41, 5.74) is 8.93. The topological polar surface area (TPSA) is 76.4 Å². The lowest BCUT2D eigenvalue weighted by Crippen LogP contribution is -2.20. The number of ether oxygens (including phenoxy) is 1. The highest BCUT2D eigenvalue weighted by atomic mass is 16.5. The van der Waals surface area contributed by atoms with Crippen LogP contribution < -0.4 is 16.4 Å². The number of hydrogen-bond acceptors (Lipinski definition) is 3. The minimum atomic E-state index is -0.293. The predicted octanol–water partition coefficient (Wildman–Crippen LogP) is 2.94. The van der Waals surface area contributed by atoms with E-state index in [1.807, 2.05) is 48.5 Å². The van der Waals surface area contributed by atoms with Crippen molar-refractivity contribution in [1.29, 1.82) is 0 Å². The van der Waals surface area contributed by atoms with Crippen LogP contribution in [-0.4, -0.2) is 13.1 Å². The molecule has 0 atom stereocenters. The van der Waals surface area contributed by atoms with Crippen molar-refractivity contribution < 1.29 is 9.53 Å². The molecule has 0 radical (unpaired) electrons. The molecule has 0 bridgehead atoms. The average molecular weight is 285 g/mol. The Morgan fingerprint density at radius 2 is 1.81 bits per heavy atom. The first-order valence-corrected chi connectivity index (χ1v) is 6.67. The highest BCUT2D eigenvalue weighted by Gasteiger charge is 2.06. The van der Waals surface area contributed by atoms with E-state index in [4.69, 9.17) is 10.5 Å². The minimum Gasteiger partial charge on any atom is -0.380 e. The zero-order valence-corrected chi connectivity index (χ0v) is 11.9. The van der Waals surface area contributed by atoms with Crippen molar-refractivity contribution in [3.63, 3.8) is 0 Å². The number of anilines is 2. The summed E-state index contributed by atoms with van der Waals surface area (Å²) in [6, 6.07) is 14.6. The zero-order valence-electron chi connectivity index (χ0n) is 11.9. The second-order valence-electron chi connectivity index (χ2n) is 4.57. The molecule has 0 unspecified atom stereocenters. The molecule has 0 spiro atoms. The van der Waals surface area contributed by atoms with Crippen molar-refractivity contribution >= 4 is 17.4 Å². The summed E-state index contributed by atoms with van der Waals surface area (Å²) in [6.45, 7) is 0.929. The first-order chi connectivity index (χ1) is 10.2. The van der Waals surface area contributed by atoms with Crippen LogP contribution >= 0.6 is 0 Å². The largest absolute Gasteiger partial charge is 0.380 e. The molecule has 2 amide bonds. The number of nitrogens with two attached hydrogens (primary N) is 1. The molecule has 2 aromatic carbocycles. The predicted molar refractivity (Wildman–Crippen MR) is 84.1 cm³/mol. The van der Waals surface area contributed by atoms with Gasteiger partial charge in [-0.05, 0) is 23.8 Å². The average Bonchev–Trinajstić information content (AvgIpc) is 2.50. The van der Waals surface area contributed by atoms with Gasteiger partial charge in [-0.2, -0.15) is 0 Å². The third kappa shape index (κ3) is 4.30. The van der Waals surface area contributed by atoms with Gasteiger partial charge in [0.1, 0.15) is 0 Å². The summed E-state index contributed by atoms with van der Waals surface area (Å²) in [7, 11) is 1.62. The number of carbonyl (C=O) groups excluding carboxylic acids is 1. The number of amides is 2. The van der Waals surface area contributed by atoms with Gasteiger partial charge in [-0.1, -0.05) is 30.3 Å². The van der Waals surface area contributed by atoms with Crippen molar-refractivity contribution in [1.82, 2.24) is 0 Å². The maximum atomic E-state index is 12.0. The Hall–Kier alpha value is -2.37. The van der Waals surface area contributed by atoms with Crippen LogP contribution in [0.2, 0.25) is 0 Å². The second-order valence-corrected chi connectivity index (χ2v) is 4.57. The molecule has 0 aliphatic rings. The maximum Gasteiger partial charge on any atom is 0.323 e. The normalized spacial score (nSPS) is 10.2. The molecule has 5 heteroatoms. The fourth-order valence-electron chi connectivity index (χ4n) is 1.93. The first-order valence-electron chi connectivity index (χ1n) is 6.67. The molecule has 21 heavy (non-hydrogen) atoms. The zero-order chi connectivity index (χ0) is 15.1. The first kappa shape index (κ1) is 15.0. The van der Waals surface area contributed by atoms with Gasteiger partial charge in [-0.25, -0.2) is 4.79 Å². The molecular weight excluding hydrogens is 266 g/mol. The van der Waals surface area contributed by atoms with Crippen LogP contribution in [0.4, 0.5) is 16.2 Å². The van der Waals surface area contributed by atoms with E-state index in [2.05, 4.69) is 10.6 Å². The van der Waals surface area contributed by atoms with Crippen LogP contribution in [0.1, 0.15) is 11.1 Å². The van der Waals surface area contributed by atoms with Gasteiger partial charge in [0.2, 0.25) is 0 Å². The van der Waals surface area contributed by atoms with E-state index in [1.165, 1.54) is 0 Å². The molecular formula is C16H19N3O2. The quantitative estimate of drug-likeness (QED) is 0.790. The third-order valence-corrected chi connectivity index (χ3v) is 3.01. The Bertz CT molecular complexity index is 597. The number of urea groups is 1. The molecule has 0 fully saturated rings. The molecule has 5 nitrogen and oxygen atoms in total. The summed E-state index contributed by atoms with van der Waals surface area (Å²) < 4.78 is 5.11. The van der Waals surface area contributed by atoms with E-state index in [-0.39, 0.29) is 6.03 Å². The highest BCUT2D eigenvalue weighted by molar-refractivity contribution is 6.00. The lowest BCUT2D eigenvalue weighted by atomic mass is 10.2. The van der Waals surface area contributed by atoms with Crippen LogP contribution in [0.3, 0.4) is 0 Å². The molecule has 4 N–H and O–H groups in total. The number of methoxy groups -OCH3 is 1. The Morgan fingerprint density at radius 1 is 1.10 bits per heavy atom. The maximum absolute atomic E-state index is 12.0. The van der Waals surface area contributed by atoms with E-state index in [0.717, 1.165) is 16.8 Å². The van der Waals surface area contributed by atoms with Gasteiger partial charge in [-0.15, -0.1) is 0 Å². The monoisotopic (exact) mass is 285 g/mol. The molecule has 0 heterocycles. The lowest BCUT2D eigenvalue weighted by Gasteiger charge is -2.11. The summed E-state index contributed by atoms with van der Waals surface area (Å²) >= 11 is 0. The molecule has 0 aliphatic heterocycles. The summed E-state index contributed by atoms with van der Waals surface area (Å²) in [5, 5.41) is 5.60.